The van der Waals surface area contributed by atoms with Crippen LogP contribution in [0.2, 0.25) is 0 Å². The zero-order valence-electron chi connectivity index (χ0n) is 9.60. The van der Waals surface area contributed by atoms with E-state index in [1.807, 2.05) is 18.2 Å². The minimum atomic E-state index is -0.140. The first-order chi connectivity index (χ1) is 7.69. The van der Waals surface area contributed by atoms with E-state index in [2.05, 4.69) is 0 Å². The highest BCUT2D eigenvalue weighted by Crippen LogP contribution is 2.15. The van der Waals surface area contributed by atoms with Crippen LogP contribution in [0.3, 0.4) is 0 Å². The van der Waals surface area contributed by atoms with Crippen LogP contribution in [-0.2, 0) is 4.79 Å². The van der Waals surface area contributed by atoms with Crippen molar-refractivity contribution in [2.24, 2.45) is 5.73 Å². The highest BCUT2D eigenvalue weighted by atomic mass is 35.5. The van der Waals surface area contributed by atoms with Gasteiger partial charge in [0.05, 0.1) is 12.9 Å². The second kappa shape index (κ2) is 7.81. The molecule has 0 saturated carbocycles. The summed E-state index contributed by atoms with van der Waals surface area (Å²) in [5.41, 5.74) is 6.49. The Morgan fingerprint density at radius 2 is 2.00 bits per heavy atom. The van der Waals surface area contributed by atoms with Crippen molar-refractivity contribution < 1.29 is 9.18 Å². The van der Waals surface area contributed by atoms with Gasteiger partial charge in [-0.25, -0.2) is 4.39 Å². The number of para-hydroxylation sites is 1. The molecule has 0 bridgehead atoms. The highest BCUT2D eigenvalue weighted by molar-refractivity contribution is 5.91. The molecular formula is C12H16ClFN2O. The molecule has 17 heavy (non-hydrogen) atoms. The predicted octanol–water partition coefficient (Wildman–Crippen LogP) is 2.27. The third kappa shape index (κ3) is 4.54. The maximum Gasteiger partial charge on any atom is 0.224 e. The predicted molar refractivity (Wildman–Crippen MR) is 70.0 cm³/mol. The highest BCUT2D eigenvalue weighted by Gasteiger charge is 2.12. The van der Waals surface area contributed by atoms with E-state index in [0.29, 0.717) is 11.9 Å². The van der Waals surface area contributed by atoms with E-state index in [-0.39, 0.29) is 31.4 Å². The molecule has 1 aromatic carbocycles. The number of anilines is 1. The molecule has 0 unspecified atom stereocenters. The van der Waals surface area contributed by atoms with Crippen LogP contribution < -0.4 is 10.6 Å². The molecule has 0 radical (unpaired) electrons. The zero-order chi connectivity index (χ0) is 12.0. The molecule has 1 aromatic rings. The Bertz CT molecular complexity index is 381. The SMILES string of the molecule is CC(=O)N(C/C(=C/F)CN)c1ccccc1.Cl. The first kappa shape index (κ1) is 15.6. The van der Waals surface area contributed by atoms with Crippen LogP contribution in [0.25, 0.3) is 0 Å². The van der Waals surface area contributed by atoms with Crippen molar-refractivity contribution in [3.05, 3.63) is 42.2 Å². The average Bonchev–Trinajstić information content (AvgIpc) is 2.31. The molecule has 0 atom stereocenters. The van der Waals surface area contributed by atoms with Crippen molar-refractivity contribution in [1.29, 1.82) is 0 Å². The molecule has 0 aliphatic rings. The van der Waals surface area contributed by atoms with Gasteiger partial charge in [0.2, 0.25) is 5.91 Å². The Hall–Kier alpha value is -1.39. The van der Waals surface area contributed by atoms with Crippen LogP contribution in [-0.4, -0.2) is 19.0 Å². The smallest absolute Gasteiger partial charge is 0.224 e. The summed E-state index contributed by atoms with van der Waals surface area (Å²) < 4.78 is 12.4. The molecule has 0 aliphatic heterocycles. The zero-order valence-corrected chi connectivity index (χ0v) is 10.4. The molecule has 0 spiro atoms. The second-order valence-electron chi connectivity index (χ2n) is 3.41. The number of benzene rings is 1. The fourth-order valence-electron chi connectivity index (χ4n) is 1.34. The van der Waals surface area contributed by atoms with Crippen molar-refractivity contribution in [2.75, 3.05) is 18.0 Å². The quantitative estimate of drug-likeness (QED) is 0.901. The van der Waals surface area contributed by atoms with Crippen molar-refractivity contribution >= 4 is 24.0 Å². The maximum absolute atomic E-state index is 12.4. The van der Waals surface area contributed by atoms with Gasteiger partial charge in [-0.15, -0.1) is 12.4 Å². The summed E-state index contributed by atoms with van der Waals surface area (Å²) in [6.07, 6.45) is 0.457. The molecule has 0 fully saturated rings. The minimum absolute atomic E-state index is 0. The number of carbonyl (C=O) groups is 1. The number of nitrogens with two attached hydrogens (primary N) is 1. The minimum Gasteiger partial charge on any atom is -0.327 e. The Kier molecular flexibility index (Phi) is 7.18. The first-order valence-corrected chi connectivity index (χ1v) is 5.00. The lowest BCUT2D eigenvalue weighted by Crippen LogP contribution is -2.32. The largest absolute Gasteiger partial charge is 0.327 e. The third-order valence-corrected chi connectivity index (χ3v) is 2.23. The monoisotopic (exact) mass is 258 g/mol. The van der Waals surface area contributed by atoms with E-state index in [1.165, 1.54) is 11.8 Å². The summed E-state index contributed by atoms with van der Waals surface area (Å²) in [6.45, 7) is 1.73. The van der Waals surface area contributed by atoms with E-state index in [4.69, 9.17) is 5.73 Å². The number of amides is 1. The van der Waals surface area contributed by atoms with Crippen molar-refractivity contribution in [2.45, 2.75) is 6.92 Å². The number of rotatable bonds is 4. The molecule has 0 heterocycles. The lowest BCUT2D eigenvalue weighted by atomic mass is 10.2. The van der Waals surface area contributed by atoms with E-state index in [0.717, 1.165) is 5.69 Å². The van der Waals surface area contributed by atoms with Crippen LogP contribution in [0.15, 0.2) is 42.2 Å². The average molecular weight is 259 g/mol. The summed E-state index contributed by atoms with van der Waals surface area (Å²) in [5.74, 6) is -0.140. The molecule has 0 aliphatic carbocycles. The molecule has 2 N–H and O–H groups in total. The van der Waals surface area contributed by atoms with Gasteiger partial charge in [0.15, 0.2) is 0 Å². The lowest BCUT2D eigenvalue weighted by molar-refractivity contribution is -0.116. The fraction of sp³-hybridized carbons (Fsp3) is 0.250. The topological polar surface area (TPSA) is 46.3 Å². The van der Waals surface area contributed by atoms with Gasteiger partial charge in [-0.05, 0) is 17.7 Å². The summed E-state index contributed by atoms with van der Waals surface area (Å²) in [5, 5.41) is 0. The lowest BCUT2D eigenvalue weighted by Gasteiger charge is -2.21. The van der Waals surface area contributed by atoms with Gasteiger partial charge in [-0.3, -0.25) is 4.79 Å². The Morgan fingerprint density at radius 1 is 1.41 bits per heavy atom. The van der Waals surface area contributed by atoms with Gasteiger partial charge in [0.25, 0.3) is 0 Å². The van der Waals surface area contributed by atoms with Gasteiger partial charge >= 0.3 is 0 Å². The Balaban J connectivity index is 0.00000256. The molecule has 3 nitrogen and oxygen atoms in total. The van der Waals surface area contributed by atoms with Gasteiger partial charge in [0.1, 0.15) is 0 Å². The molecule has 0 saturated heterocycles. The summed E-state index contributed by atoms with van der Waals surface area (Å²) in [4.78, 5) is 12.9. The fourth-order valence-corrected chi connectivity index (χ4v) is 1.34. The first-order valence-electron chi connectivity index (χ1n) is 5.00. The van der Waals surface area contributed by atoms with Gasteiger partial charge in [0, 0.05) is 19.2 Å². The number of halogens is 2. The second-order valence-corrected chi connectivity index (χ2v) is 3.41. The van der Waals surface area contributed by atoms with Crippen LogP contribution in [0.4, 0.5) is 10.1 Å². The van der Waals surface area contributed by atoms with Gasteiger partial charge in [-0.1, -0.05) is 18.2 Å². The normalized spacial score (nSPS) is 10.6. The number of carbonyl (C=O) groups excluding carboxylic acids is 1. The van der Waals surface area contributed by atoms with Crippen LogP contribution in [0.5, 0.6) is 0 Å². The molecule has 5 heteroatoms. The molecule has 1 amide bonds. The maximum atomic E-state index is 12.4. The number of hydrogen-bond acceptors (Lipinski definition) is 2. The Morgan fingerprint density at radius 3 is 2.41 bits per heavy atom. The third-order valence-electron chi connectivity index (χ3n) is 2.23. The molecule has 1 rings (SSSR count). The molecular weight excluding hydrogens is 243 g/mol. The van der Waals surface area contributed by atoms with Crippen LogP contribution >= 0.6 is 12.4 Å². The van der Waals surface area contributed by atoms with Gasteiger partial charge in [-0.2, -0.15) is 0 Å². The van der Waals surface area contributed by atoms with Crippen molar-refractivity contribution in [3.8, 4) is 0 Å². The van der Waals surface area contributed by atoms with Crippen molar-refractivity contribution in [3.63, 3.8) is 0 Å². The number of nitrogens with zero attached hydrogens (tertiary/aromatic N) is 1. The van der Waals surface area contributed by atoms with E-state index < -0.39 is 0 Å². The van der Waals surface area contributed by atoms with E-state index in [1.54, 1.807) is 12.1 Å². The molecule has 94 valence electrons. The Labute approximate surface area is 107 Å². The summed E-state index contributed by atoms with van der Waals surface area (Å²) >= 11 is 0. The number of hydrogen-bond donors (Lipinski definition) is 1. The van der Waals surface area contributed by atoms with Crippen molar-refractivity contribution in [1.82, 2.24) is 0 Å². The standard InChI is InChI=1S/C12H15FN2O.ClH/c1-10(16)15(9-11(7-13)8-14)12-5-3-2-4-6-12;/h2-7H,8-9,14H2,1H3;1H/b11-7+;. The van der Waals surface area contributed by atoms with Crippen LogP contribution in [0, 0.1) is 0 Å². The van der Waals surface area contributed by atoms with E-state index in [9.17, 15) is 9.18 Å². The van der Waals surface area contributed by atoms with Crippen LogP contribution in [0.1, 0.15) is 6.92 Å². The summed E-state index contributed by atoms with van der Waals surface area (Å²) in [6, 6.07) is 9.11. The summed E-state index contributed by atoms with van der Waals surface area (Å²) in [7, 11) is 0. The van der Waals surface area contributed by atoms with E-state index >= 15 is 0 Å². The molecule has 0 aromatic heterocycles. The van der Waals surface area contributed by atoms with Gasteiger partial charge < -0.3 is 10.6 Å².